The predicted octanol–water partition coefficient (Wildman–Crippen LogP) is 3.24. The van der Waals surface area contributed by atoms with E-state index in [1.165, 1.54) is 17.7 Å². The Morgan fingerprint density at radius 2 is 2.06 bits per heavy atom. The van der Waals surface area contributed by atoms with Crippen molar-refractivity contribution < 1.29 is 4.74 Å². The van der Waals surface area contributed by atoms with Crippen LogP contribution in [0.4, 0.5) is 0 Å². The van der Waals surface area contributed by atoms with Crippen LogP contribution in [0.5, 0.6) is 5.75 Å². The average molecular weight is 267 g/mol. The van der Waals surface area contributed by atoms with Crippen LogP contribution in [0.25, 0.3) is 0 Å². The number of hydrogen-bond acceptors (Lipinski definition) is 3. The van der Waals surface area contributed by atoms with Crippen molar-refractivity contribution in [3.05, 3.63) is 24.3 Å². The lowest BCUT2D eigenvalue weighted by Crippen LogP contribution is -2.20. The monoisotopic (exact) mass is 267 g/mol. The van der Waals surface area contributed by atoms with E-state index in [1.807, 2.05) is 12.1 Å². The smallest absolute Gasteiger partial charge is 0.119 e. The fraction of sp³-hybridized carbons (Fsp3) is 0.462. The molecule has 4 heteroatoms. The van der Waals surface area contributed by atoms with E-state index in [2.05, 4.69) is 18.4 Å². The molecule has 0 aromatic heterocycles. The molecule has 17 heavy (non-hydrogen) atoms. The van der Waals surface area contributed by atoms with E-state index >= 15 is 0 Å². The van der Waals surface area contributed by atoms with Crippen LogP contribution in [0.15, 0.2) is 29.2 Å². The Morgan fingerprint density at radius 3 is 2.53 bits per heavy atom. The zero-order chi connectivity index (χ0) is 12.3. The van der Waals surface area contributed by atoms with Gasteiger partial charge in [0.25, 0.3) is 0 Å². The van der Waals surface area contributed by atoms with Gasteiger partial charge < -0.3 is 10.5 Å². The second-order valence-electron chi connectivity index (χ2n) is 4.61. The van der Waals surface area contributed by atoms with Gasteiger partial charge in [0.1, 0.15) is 5.75 Å². The number of rotatable bonds is 6. The van der Waals surface area contributed by atoms with Crippen LogP contribution in [0.1, 0.15) is 19.3 Å². The third-order valence-corrected chi connectivity index (χ3v) is 4.00. The van der Waals surface area contributed by atoms with Gasteiger partial charge in [-0.3, -0.25) is 0 Å². The van der Waals surface area contributed by atoms with E-state index in [0.717, 1.165) is 18.8 Å². The number of benzene rings is 1. The molecule has 2 nitrogen and oxygen atoms in total. The van der Waals surface area contributed by atoms with Crippen LogP contribution in [0.3, 0.4) is 0 Å². The van der Waals surface area contributed by atoms with Crippen molar-refractivity contribution in [2.24, 2.45) is 11.1 Å². The molecule has 1 aliphatic carbocycles. The van der Waals surface area contributed by atoms with Crippen molar-refractivity contribution in [2.75, 3.05) is 12.9 Å². The minimum absolute atomic E-state index is 0.226. The van der Waals surface area contributed by atoms with Crippen LogP contribution >= 0.6 is 24.0 Å². The maximum absolute atomic E-state index is 5.81. The van der Waals surface area contributed by atoms with Gasteiger partial charge in [-0.2, -0.15) is 0 Å². The summed E-state index contributed by atoms with van der Waals surface area (Å²) in [5.41, 5.74) is 5.82. The molecule has 0 atom stereocenters. The first-order chi connectivity index (χ1) is 8.13. The Bertz CT molecular complexity index is 398. The van der Waals surface area contributed by atoms with Gasteiger partial charge in [0.2, 0.25) is 0 Å². The van der Waals surface area contributed by atoms with E-state index in [0.29, 0.717) is 4.99 Å². The highest BCUT2D eigenvalue weighted by molar-refractivity contribution is 7.98. The van der Waals surface area contributed by atoms with Crippen LogP contribution in [-0.2, 0) is 0 Å². The minimum atomic E-state index is 0.226. The lowest BCUT2D eigenvalue weighted by molar-refractivity contribution is 0.239. The van der Waals surface area contributed by atoms with E-state index < -0.39 is 0 Å². The Labute approximate surface area is 112 Å². The van der Waals surface area contributed by atoms with Crippen LogP contribution in [0.2, 0.25) is 0 Å². The zero-order valence-corrected chi connectivity index (χ0v) is 11.6. The molecular formula is C13H17NOS2. The Balaban J connectivity index is 1.87. The quantitative estimate of drug-likeness (QED) is 0.634. The van der Waals surface area contributed by atoms with E-state index in [-0.39, 0.29) is 5.41 Å². The SMILES string of the molecule is CSc1ccc(OCC2(CC(N)=S)CC2)cc1. The molecule has 0 heterocycles. The topological polar surface area (TPSA) is 35.2 Å². The van der Waals surface area contributed by atoms with Crippen molar-refractivity contribution in [1.29, 1.82) is 0 Å². The summed E-state index contributed by atoms with van der Waals surface area (Å²) in [5, 5.41) is 0. The largest absolute Gasteiger partial charge is 0.493 e. The molecule has 1 aromatic rings. The summed E-state index contributed by atoms with van der Waals surface area (Å²) in [6, 6.07) is 8.19. The second-order valence-corrected chi connectivity index (χ2v) is 6.01. The minimum Gasteiger partial charge on any atom is -0.493 e. The number of thioether (sulfide) groups is 1. The van der Waals surface area contributed by atoms with Crippen molar-refractivity contribution >= 4 is 29.0 Å². The third-order valence-electron chi connectivity index (χ3n) is 3.11. The van der Waals surface area contributed by atoms with E-state index in [9.17, 15) is 0 Å². The highest BCUT2D eigenvalue weighted by Gasteiger charge is 2.43. The van der Waals surface area contributed by atoms with Gasteiger partial charge in [-0.25, -0.2) is 0 Å². The Morgan fingerprint density at radius 1 is 1.41 bits per heavy atom. The van der Waals surface area contributed by atoms with E-state index in [4.69, 9.17) is 22.7 Å². The average Bonchev–Trinajstić information content (AvgIpc) is 3.06. The molecule has 0 radical (unpaired) electrons. The molecule has 1 fully saturated rings. The number of thiocarbonyl (C=S) groups is 1. The maximum Gasteiger partial charge on any atom is 0.119 e. The summed E-state index contributed by atoms with van der Waals surface area (Å²) in [5.74, 6) is 0.928. The van der Waals surface area contributed by atoms with Gasteiger partial charge in [0, 0.05) is 16.7 Å². The van der Waals surface area contributed by atoms with E-state index in [1.54, 1.807) is 11.8 Å². The van der Waals surface area contributed by atoms with Crippen LogP contribution in [0, 0.1) is 5.41 Å². The number of hydrogen-bond donors (Lipinski definition) is 1. The second kappa shape index (κ2) is 5.27. The van der Waals surface area contributed by atoms with Gasteiger partial charge in [0.15, 0.2) is 0 Å². The highest BCUT2D eigenvalue weighted by Crippen LogP contribution is 2.49. The number of ether oxygens (including phenoxy) is 1. The molecule has 0 aliphatic heterocycles. The fourth-order valence-corrected chi connectivity index (χ4v) is 2.54. The van der Waals surface area contributed by atoms with Gasteiger partial charge >= 0.3 is 0 Å². The zero-order valence-electron chi connectivity index (χ0n) is 9.94. The molecule has 0 amide bonds. The summed E-state index contributed by atoms with van der Waals surface area (Å²) >= 11 is 6.70. The molecular weight excluding hydrogens is 250 g/mol. The molecule has 2 N–H and O–H groups in total. The predicted molar refractivity (Wildman–Crippen MR) is 76.8 cm³/mol. The van der Waals surface area contributed by atoms with Crippen molar-refractivity contribution in [2.45, 2.75) is 24.2 Å². The highest BCUT2D eigenvalue weighted by atomic mass is 32.2. The molecule has 92 valence electrons. The number of nitrogens with two attached hydrogens (primary N) is 1. The fourth-order valence-electron chi connectivity index (χ4n) is 1.83. The lowest BCUT2D eigenvalue weighted by atomic mass is 10.0. The van der Waals surface area contributed by atoms with Crippen LogP contribution in [-0.4, -0.2) is 17.9 Å². The molecule has 0 saturated heterocycles. The standard InChI is InChI=1S/C13H17NOS2/c1-17-11-4-2-10(3-5-11)15-9-13(6-7-13)8-12(14)16/h2-5H,6-9H2,1H3,(H2,14,16). The molecule has 1 aromatic carbocycles. The summed E-state index contributed by atoms with van der Waals surface area (Å²) in [6.45, 7) is 0.725. The Kier molecular flexibility index (Phi) is 3.94. The summed E-state index contributed by atoms with van der Waals surface area (Å²) in [7, 11) is 0. The van der Waals surface area contributed by atoms with Crippen LogP contribution < -0.4 is 10.5 Å². The molecule has 1 aliphatic rings. The third kappa shape index (κ3) is 3.61. The van der Waals surface area contributed by atoms with Crippen molar-refractivity contribution in [3.63, 3.8) is 0 Å². The lowest BCUT2D eigenvalue weighted by Gasteiger charge is -2.15. The molecule has 0 bridgehead atoms. The summed E-state index contributed by atoms with van der Waals surface area (Å²) < 4.78 is 5.81. The first-order valence-corrected chi connectivity index (χ1v) is 7.32. The van der Waals surface area contributed by atoms with Gasteiger partial charge in [-0.05, 0) is 43.4 Å². The molecule has 2 rings (SSSR count). The molecule has 0 spiro atoms. The maximum atomic E-state index is 5.81. The summed E-state index contributed by atoms with van der Waals surface area (Å²) in [4.78, 5) is 1.85. The molecule has 0 unspecified atom stereocenters. The van der Waals surface area contributed by atoms with Crippen molar-refractivity contribution in [3.8, 4) is 5.75 Å². The van der Waals surface area contributed by atoms with Crippen molar-refractivity contribution in [1.82, 2.24) is 0 Å². The van der Waals surface area contributed by atoms with Gasteiger partial charge in [0.05, 0.1) is 11.6 Å². The van der Waals surface area contributed by atoms with Gasteiger partial charge in [-0.15, -0.1) is 11.8 Å². The Hall–Kier alpha value is -0.740. The normalized spacial score (nSPS) is 16.5. The first kappa shape index (κ1) is 12.7. The van der Waals surface area contributed by atoms with Gasteiger partial charge in [-0.1, -0.05) is 12.2 Å². The molecule has 1 saturated carbocycles. The first-order valence-electron chi connectivity index (χ1n) is 5.69. The summed E-state index contributed by atoms with van der Waals surface area (Å²) in [6.07, 6.45) is 5.23.